The van der Waals surface area contributed by atoms with Gasteiger partial charge >= 0.3 is 0 Å². The number of imidazole rings is 1. The van der Waals surface area contributed by atoms with Crippen LogP contribution < -0.4 is 5.32 Å². The monoisotopic (exact) mass is 277 g/mol. The molecule has 0 aliphatic heterocycles. The maximum Gasteiger partial charge on any atom is 0.126 e. The number of nitrogens with one attached hydrogen (secondary N) is 1. The van der Waals surface area contributed by atoms with Crippen molar-refractivity contribution < 1.29 is 8.78 Å². The van der Waals surface area contributed by atoms with Crippen LogP contribution in [0.5, 0.6) is 0 Å². The van der Waals surface area contributed by atoms with E-state index in [9.17, 15) is 8.78 Å². The zero-order valence-electron chi connectivity index (χ0n) is 11.1. The molecule has 3 rings (SSSR count). The maximum absolute atomic E-state index is 13.1. The first-order valence-corrected chi connectivity index (χ1v) is 6.86. The quantitative estimate of drug-likeness (QED) is 0.910. The minimum absolute atomic E-state index is 0.269. The normalized spacial score (nSPS) is 21.7. The summed E-state index contributed by atoms with van der Waals surface area (Å²) in [6, 6.07) is 4.24. The lowest BCUT2D eigenvalue weighted by Crippen LogP contribution is -2.41. The number of hydrogen-bond acceptors (Lipinski definition) is 2. The van der Waals surface area contributed by atoms with Gasteiger partial charge in [0.1, 0.15) is 11.6 Å². The average molecular weight is 277 g/mol. The van der Waals surface area contributed by atoms with Gasteiger partial charge in [-0.05, 0) is 36.5 Å². The van der Waals surface area contributed by atoms with Gasteiger partial charge in [0.15, 0.2) is 0 Å². The zero-order chi connectivity index (χ0) is 13.9. The van der Waals surface area contributed by atoms with Crippen molar-refractivity contribution in [3.63, 3.8) is 0 Å². The van der Waals surface area contributed by atoms with E-state index < -0.39 is 11.6 Å². The number of hydrogen-bond donors (Lipinski definition) is 1. The van der Waals surface area contributed by atoms with Gasteiger partial charge in [-0.2, -0.15) is 0 Å². The van der Waals surface area contributed by atoms with Crippen LogP contribution in [0.15, 0.2) is 36.9 Å². The molecule has 5 heteroatoms. The molecule has 1 aromatic carbocycles. The summed E-state index contributed by atoms with van der Waals surface area (Å²) >= 11 is 0. The van der Waals surface area contributed by atoms with Gasteiger partial charge in [0, 0.05) is 37.6 Å². The van der Waals surface area contributed by atoms with E-state index in [0.717, 1.165) is 37.6 Å². The van der Waals surface area contributed by atoms with Gasteiger partial charge in [0.25, 0.3) is 0 Å². The minimum Gasteiger partial charge on any atom is -0.336 e. The number of aromatic nitrogens is 2. The molecule has 0 unspecified atom stereocenters. The van der Waals surface area contributed by atoms with Crippen LogP contribution in [0.1, 0.15) is 24.3 Å². The summed E-state index contributed by atoms with van der Waals surface area (Å²) in [5.41, 5.74) is 0.773. The predicted molar refractivity (Wildman–Crippen MR) is 72.4 cm³/mol. The Bertz CT molecular complexity index is 542. The van der Waals surface area contributed by atoms with E-state index in [2.05, 4.69) is 10.3 Å². The molecule has 3 nitrogen and oxygen atoms in total. The van der Waals surface area contributed by atoms with Crippen LogP contribution in [0.3, 0.4) is 0 Å². The molecule has 1 fully saturated rings. The molecule has 1 N–H and O–H groups in total. The fraction of sp³-hybridized carbons (Fsp3) is 0.400. The highest BCUT2D eigenvalue weighted by atomic mass is 19.1. The maximum atomic E-state index is 13.1. The molecular weight excluding hydrogens is 260 g/mol. The summed E-state index contributed by atoms with van der Waals surface area (Å²) < 4.78 is 28.3. The molecule has 0 amide bonds. The Balaban J connectivity index is 1.44. The highest BCUT2D eigenvalue weighted by Crippen LogP contribution is 2.37. The van der Waals surface area contributed by atoms with Crippen molar-refractivity contribution in [3.8, 4) is 0 Å². The first-order chi connectivity index (χ1) is 9.70. The molecular formula is C15H17F2N3. The summed E-state index contributed by atoms with van der Waals surface area (Å²) in [4.78, 5) is 3.99. The lowest BCUT2D eigenvalue weighted by molar-refractivity contribution is 0.287. The first-order valence-electron chi connectivity index (χ1n) is 6.86. The molecule has 1 aliphatic carbocycles. The largest absolute Gasteiger partial charge is 0.336 e. The molecule has 0 saturated heterocycles. The Hall–Kier alpha value is -1.75. The molecule has 20 heavy (non-hydrogen) atoms. The van der Waals surface area contributed by atoms with Crippen molar-refractivity contribution in [2.24, 2.45) is 0 Å². The molecule has 0 bridgehead atoms. The number of rotatable bonds is 5. The van der Waals surface area contributed by atoms with Gasteiger partial charge < -0.3 is 9.88 Å². The molecule has 1 aliphatic rings. The van der Waals surface area contributed by atoms with Crippen molar-refractivity contribution >= 4 is 0 Å². The molecule has 106 valence electrons. The molecule has 0 atom stereocenters. The van der Waals surface area contributed by atoms with Crippen LogP contribution in [0, 0.1) is 11.6 Å². The molecule has 2 aromatic rings. The third-order valence-corrected chi connectivity index (χ3v) is 3.86. The molecule has 1 heterocycles. The number of halogens is 2. The van der Waals surface area contributed by atoms with Crippen LogP contribution in [-0.2, 0) is 6.54 Å². The third-order valence-electron chi connectivity index (χ3n) is 3.86. The van der Waals surface area contributed by atoms with E-state index in [1.165, 1.54) is 12.1 Å². The fourth-order valence-electron chi connectivity index (χ4n) is 2.68. The van der Waals surface area contributed by atoms with Gasteiger partial charge in [-0.3, -0.25) is 0 Å². The second-order valence-corrected chi connectivity index (χ2v) is 5.32. The third kappa shape index (κ3) is 3.04. The van der Waals surface area contributed by atoms with Crippen molar-refractivity contribution in [2.45, 2.75) is 31.3 Å². The Morgan fingerprint density at radius 1 is 1.20 bits per heavy atom. The van der Waals surface area contributed by atoms with Crippen molar-refractivity contribution in [1.82, 2.24) is 14.9 Å². The Kier molecular flexibility index (Phi) is 3.78. The lowest BCUT2D eigenvalue weighted by Gasteiger charge is -2.36. The SMILES string of the molecule is Fc1cc(F)cc(C2CC(NCCn3ccnc3)C2)c1. The van der Waals surface area contributed by atoms with Crippen molar-refractivity contribution in [3.05, 3.63) is 54.1 Å². The molecule has 0 radical (unpaired) electrons. The second-order valence-electron chi connectivity index (χ2n) is 5.32. The van der Waals surface area contributed by atoms with Crippen molar-refractivity contribution in [1.29, 1.82) is 0 Å². The summed E-state index contributed by atoms with van der Waals surface area (Å²) in [6.45, 7) is 1.76. The number of nitrogens with zero attached hydrogens (tertiary/aromatic N) is 2. The van der Waals surface area contributed by atoms with Gasteiger partial charge in [0.05, 0.1) is 6.33 Å². The van der Waals surface area contributed by atoms with Crippen LogP contribution in [0.2, 0.25) is 0 Å². The minimum atomic E-state index is -0.489. The van der Waals surface area contributed by atoms with Crippen LogP contribution in [0.25, 0.3) is 0 Å². The topological polar surface area (TPSA) is 29.9 Å². The van der Waals surface area contributed by atoms with Crippen LogP contribution in [0.4, 0.5) is 8.78 Å². The van der Waals surface area contributed by atoms with Crippen molar-refractivity contribution in [2.75, 3.05) is 6.54 Å². The Morgan fingerprint density at radius 2 is 1.95 bits per heavy atom. The van der Waals surface area contributed by atoms with Crippen LogP contribution in [-0.4, -0.2) is 22.1 Å². The average Bonchev–Trinajstić information content (AvgIpc) is 2.83. The predicted octanol–water partition coefficient (Wildman–Crippen LogP) is 2.70. The van der Waals surface area contributed by atoms with E-state index in [0.29, 0.717) is 6.04 Å². The summed E-state index contributed by atoms with van der Waals surface area (Å²) in [6.07, 6.45) is 7.36. The van der Waals surface area contributed by atoms with Gasteiger partial charge in [-0.15, -0.1) is 0 Å². The van der Waals surface area contributed by atoms with E-state index >= 15 is 0 Å². The highest BCUT2D eigenvalue weighted by molar-refractivity contribution is 5.24. The smallest absolute Gasteiger partial charge is 0.126 e. The van der Waals surface area contributed by atoms with E-state index in [1.54, 1.807) is 12.5 Å². The lowest BCUT2D eigenvalue weighted by atomic mass is 9.76. The standard InChI is InChI=1S/C15H17F2N3/c16-13-5-11(6-14(17)9-13)12-7-15(8-12)19-2-4-20-3-1-18-10-20/h1,3,5-6,9-10,12,15,19H,2,4,7-8H2. The van der Waals surface area contributed by atoms with Crippen LogP contribution >= 0.6 is 0 Å². The summed E-state index contributed by atoms with van der Waals surface area (Å²) in [5, 5.41) is 3.45. The van der Waals surface area contributed by atoms with Gasteiger partial charge in [-0.1, -0.05) is 0 Å². The first kappa shape index (κ1) is 13.2. The van der Waals surface area contributed by atoms with E-state index in [4.69, 9.17) is 0 Å². The molecule has 1 aromatic heterocycles. The highest BCUT2D eigenvalue weighted by Gasteiger charge is 2.30. The van der Waals surface area contributed by atoms with E-state index in [1.807, 2.05) is 10.8 Å². The van der Waals surface area contributed by atoms with Gasteiger partial charge in [0.2, 0.25) is 0 Å². The number of benzene rings is 1. The fourth-order valence-corrected chi connectivity index (χ4v) is 2.68. The molecule has 1 saturated carbocycles. The summed E-state index contributed by atoms with van der Waals surface area (Å²) in [5.74, 6) is -0.709. The Morgan fingerprint density at radius 3 is 2.60 bits per heavy atom. The molecule has 0 spiro atoms. The zero-order valence-corrected chi connectivity index (χ0v) is 11.1. The second kappa shape index (κ2) is 5.71. The Labute approximate surface area is 116 Å². The van der Waals surface area contributed by atoms with E-state index in [-0.39, 0.29) is 5.92 Å². The van der Waals surface area contributed by atoms with Gasteiger partial charge in [-0.25, -0.2) is 13.8 Å². The summed E-state index contributed by atoms with van der Waals surface area (Å²) in [7, 11) is 0.